The first kappa shape index (κ1) is 33.1. The Hall–Kier alpha value is -3.85. The Kier molecular flexibility index (Phi) is 11.4. The molecule has 44 heavy (non-hydrogen) atoms. The molecule has 0 aliphatic carbocycles. The number of amides is 2. The first-order valence-electron chi connectivity index (χ1n) is 14.3. The first-order valence-corrected chi connectivity index (χ1v) is 16.5. The number of carbonyl (C=O) groups is 2. The van der Waals surface area contributed by atoms with E-state index in [0.717, 1.165) is 9.87 Å². The van der Waals surface area contributed by atoms with Crippen LogP contribution in [0.25, 0.3) is 0 Å². The molecule has 4 aromatic carbocycles. The van der Waals surface area contributed by atoms with Crippen LogP contribution in [0.2, 0.25) is 10.0 Å². The van der Waals surface area contributed by atoms with E-state index in [9.17, 15) is 18.0 Å². The minimum atomic E-state index is -4.20. The fourth-order valence-corrected chi connectivity index (χ4v) is 6.44. The van der Waals surface area contributed by atoms with E-state index in [0.29, 0.717) is 27.7 Å². The second kappa shape index (κ2) is 15.2. The van der Waals surface area contributed by atoms with Gasteiger partial charge >= 0.3 is 0 Å². The highest BCUT2D eigenvalue weighted by Gasteiger charge is 2.35. The summed E-state index contributed by atoms with van der Waals surface area (Å²) in [4.78, 5) is 29.7. The van der Waals surface area contributed by atoms with Crippen LogP contribution in [0.1, 0.15) is 31.4 Å². The second-order valence-corrected chi connectivity index (χ2v) is 13.2. The third-order valence-corrected chi connectivity index (χ3v) is 9.51. The lowest BCUT2D eigenvalue weighted by Crippen LogP contribution is -2.54. The van der Waals surface area contributed by atoms with E-state index in [4.69, 9.17) is 23.2 Å². The molecule has 4 rings (SSSR count). The summed E-state index contributed by atoms with van der Waals surface area (Å²) in [6.07, 6.45) is 0.928. The van der Waals surface area contributed by atoms with Crippen molar-refractivity contribution in [1.29, 1.82) is 0 Å². The Balaban J connectivity index is 1.79. The molecule has 0 spiro atoms. The van der Waals surface area contributed by atoms with E-state index in [1.54, 1.807) is 48.5 Å². The van der Waals surface area contributed by atoms with Crippen LogP contribution < -0.4 is 9.62 Å². The average molecular weight is 653 g/mol. The van der Waals surface area contributed by atoms with Gasteiger partial charge in [0.25, 0.3) is 10.0 Å². The number of rotatable bonds is 13. The number of para-hydroxylation sites is 1. The van der Waals surface area contributed by atoms with Crippen LogP contribution in [0.15, 0.2) is 114 Å². The van der Waals surface area contributed by atoms with Gasteiger partial charge < -0.3 is 10.2 Å². The average Bonchev–Trinajstić information content (AvgIpc) is 3.02. The molecule has 2 amide bonds. The van der Waals surface area contributed by atoms with Gasteiger partial charge in [-0.3, -0.25) is 13.9 Å². The summed E-state index contributed by atoms with van der Waals surface area (Å²) >= 11 is 12.3. The Morgan fingerprint density at radius 2 is 1.41 bits per heavy atom. The molecular formula is C34H35Cl2N3O4S. The standard InChI is InChI=1S/C34H35Cl2N3O4S/c1-3-25(2)37-34(41)32(22-26-11-6-4-7-12-26)38(23-27-13-10-14-29(36)21-27)33(40)24-39(30-15-8-5-9-16-30)44(42,43)31-19-17-28(35)18-20-31/h4-21,25,32H,3,22-24H2,1-2H3,(H,37,41)/t25-,32-/m0/s1. The predicted molar refractivity (Wildman–Crippen MR) is 176 cm³/mol. The van der Waals surface area contributed by atoms with E-state index < -0.39 is 28.5 Å². The van der Waals surface area contributed by atoms with E-state index in [2.05, 4.69) is 5.32 Å². The fraction of sp³-hybridized carbons (Fsp3) is 0.235. The monoisotopic (exact) mass is 651 g/mol. The van der Waals surface area contributed by atoms with E-state index >= 15 is 0 Å². The first-order chi connectivity index (χ1) is 21.1. The zero-order chi connectivity index (χ0) is 31.7. The van der Waals surface area contributed by atoms with Crippen molar-refractivity contribution in [1.82, 2.24) is 10.2 Å². The molecule has 10 heteroatoms. The largest absolute Gasteiger partial charge is 0.352 e. The van der Waals surface area contributed by atoms with Crippen molar-refractivity contribution >= 4 is 50.7 Å². The van der Waals surface area contributed by atoms with Gasteiger partial charge in [0.05, 0.1) is 10.6 Å². The van der Waals surface area contributed by atoms with Gasteiger partial charge in [0.1, 0.15) is 12.6 Å². The molecule has 7 nitrogen and oxygen atoms in total. The summed E-state index contributed by atoms with van der Waals surface area (Å²) in [7, 11) is -4.20. The van der Waals surface area contributed by atoms with Crippen LogP contribution in [0.3, 0.4) is 0 Å². The molecule has 0 bridgehead atoms. The third-order valence-electron chi connectivity index (χ3n) is 7.24. The number of nitrogens with zero attached hydrogens (tertiary/aromatic N) is 2. The summed E-state index contributed by atoms with van der Waals surface area (Å²) in [5.74, 6) is -0.878. The molecule has 0 heterocycles. The maximum absolute atomic E-state index is 14.4. The highest BCUT2D eigenvalue weighted by atomic mass is 35.5. The van der Waals surface area contributed by atoms with E-state index in [1.165, 1.54) is 29.2 Å². The van der Waals surface area contributed by atoms with Crippen molar-refractivity contribution < 1.29 is 18.0 Å². The zero-order valence-electron chi connectivity index (χ0n) is 24.6. The number of anilines is 1. The van der Waals surface area contributed by atoms with Crippen molar-refractivity contribution in [3.05, 3.63) is 130 Å². The van der Waals surface area contributed by atoms with Crippen molar-refractivity contribution in [3.63, 3.8) is 0 Å². The minimum absolute atomic E-state index is 0.0182. The Morgan fingerprint density at radius 1 is 0.795 bits per heavy atom. The van der Waals surface area contributed by atoms with Gasteiger partial charge in [-0.05, 0) is 73.0 Å². The normalized spacial score (nSPS) is 12.6. The number of hydrogen-bond donors (Lipinski definition) is 1. The maximum Gasteiger partial charge on any atom is 0.264 e. The number of halogens is 2. The van der Waals surface area contributed by atoms with Crippen molar-refractivity contribution in [2.24, 2.45) is 0 Å². The molecule has 230 valence electrons. The van der Waals surface area contributed by atoms with Crippen LogP contribution >= 0.6 is 23.2 Å². The summed E-state index contributed by atoms with van der Waals surface area (Å²) in [5.41, 5.74) is 1.86. The molecule has 0 unspecified atom stereocenters. The van der Waals surface area contributed by atoms with Gasteiger partial charge in [-0.2, -0.15) is 0 Å². The van der Waals surface area contributed by atoms with E-state index in [1.807, 2.05) is 50.2 Å². The third kappa shape index (κ3) is 8.62. The number of benzene rings is 4. The summed E-state index contributed by atoms with van der Waals surface area (Å²) in [6, 6.07) is 29.6. The lowest BCUT2D eigenvalue weighted by atomic mass is 10.0. The Bertz CT molecular complexity index is 1650. The molecule has 0 fully saturated rings. The highest BCUT2D eigenvalue weighted by molar-refractivity contribution is 7.92. The van der Waals surface area contributed by atoms with Crippen molar-refractivity contribution in [3.8, 4) is 0 Å². The van der Waals surface area contributed by atoms with Gasteiger partial charge in [0, 0.05) is 29.1 Å². The molecule has 0 aromatic heterocycles. The summed E-state index contributed by atoms with van der Waals surface area (Å²) < 4.78 is 29.1. The van der Waals surface area contributed by atoms with Crippen molar-refractivity contribution in [2.75, 3.05) is 10.8 Å². The van der Waals surface area contributed by atoms with Crippen LogP contribution in [-0.2, 0) is 32.6 Å². The van der Waals surface area contributed by atoms with Crippen molar-refractivity contribution in [2.45, 2.75) is 50.2 Å². The molecule has 0 saturated heterocycles. The predicted octanol–water partition coefficient (Wildman–Crippen LogP) is 6.74. The summed E-state index contributed by atoms with van der Waals surface area (Å²) in [6.45, 7) is 3.35. The molecule has 0 saturated carbocycles. The SMILES string of the molecule is CC[C@H](C)NC(=O)[C@H](Cc1ccccc1)N(Cc1cccc(Cl)c1)C(=O)CN(c1ccccc1)S(=O)(=O)c1ccc(Cl)cc1. The number of carbonyl (C=O) groups excluding carboxylic acids is 2. The van der Waals surface area contributed by atoms with Gasteiger partial charge in [-0.15, -0.1) is 0 Å². The fourth-order valence-electron chi connectivity index (χ4n) is 4.68. The quantitative estimate of drug-likeness (QED) is 0.173. The molecule has 0 aliphatic rings. The molecule has 0 radical (unpaired) electrons. The smallest absolute Gasteiger partial charge is 0.264 e. The molecule has 0 aliphatic heterocycles. The molecule has 1 N–H and O–H groups in total. The maximum atomic E-state index is 14.4. The number of hydrogen-bond acceptors (Lipinski definition) is 4. The lowest BCUT2D eigenvalue weighted by Gasteiger charge is -2.34. The van der Waals surface area contributed by atoms with Crippen LogP contribution in [-0.4, -0.2) is 43.8 Å². The molecule has 2 atom stereocenters. The molecular weight excluding hydrogens is 617 g/mol. The van der Waals surface area contributed by atoms with Gasteiger partial charge in [-0.1, -0.05) is 90.8 Å². The minimum Gasteiger partial charge on any atom is -0.352 e. The second-order valence-electron chi connectivity index (χ2n) is 10.5. The highest BCUT2D eigenvalue weighted by Crippen LogP contribution is 2.26. The van der Waals surface area contributed by atoms with Gasteiger partial charge in [0.15, 0.2) is 0 Å². The molecule has 4 aromatic rings. The Morgan fingerprint density at radius 3 is 2.02 bits per heavy atom. The van der Waals surface area contributed by atoms with Gasteiger partial charge in [-0.25, -0.2) is 8.42 Å². The number of sulfonamides is 1. The lowest BCUT2D eigenvalue weighted by molar-refractivity contribution is -0.140. The van der Waals surface area contributed by atoms with Crippen LogP contribution in [0.5, 0.6) is 0 Å². The number of nitrogens with one attached hydrogen (secondary N) is 1. The van der Waals surface area contributed by atoms with Crippen LogP contribution in [0, 0.1) is 0 Å². The zero-order valence-corrected chi connectivity index (χ0v) is 26.9. The Labute approximate surface area is 269 Å². The summed E-state index contributed by atoms with van der Waals surface area (Å²) in [5, 5.41) is 3.89. The van der Waals surface area contributed by atoms with E-state index in [-0.39, 0.29) is 29.8 Å². The topological polar surface area (TPSA) is 86.8 Å². The van der Waals surface area contributed by atoms with Gasteiger partial charge in [0.2, 0.25) is 11.8 Å². The van der Waals surface area contributed by atoms with Crippen LogP contribution in [0.4, 0.5) is 5.69 Å².